The van der Waals surface area contributed by atoms with Crippen LogP contribution in [0, 0.1) is 0 Å². The molecule has 2 aliphatic heterocycles. The minimum atomic E-state index is -7.18. The lowest BCUT2D eigenvalue weighted by Crippen LogP contribution is -2.63. The number of carboxylic acids is 1. The first kappa shape index (κ1) is 35.6. The Bertz CT molecular complexity index is 1250. The quantitative estimate of drug-likeness (QED) is 0.263. The Balaban J connectivity index is 0.000000221. The SMILES string of the molecule is O=C([O-])C(F)(F)C(F)(F)C(F)(F)S(=O)(=O)[O-].O=C(c1ccccc1)[S+]1CCCC1.O=C(c1ccccc1)[S+]1CCCC1. The van der Waals surface area contributed by atoms with Crippen LogP contribution in [0.15, 0.2) is 60.7 Å². The van der Waals surface area contributed by atoms with Crippen molar-refractivity contribution in [1.29, 1.82) is 0 Å². The van der Waals surface area contributed by atoms with Crippen molar-refractivity contribution in [2.45, 2.75) is 42.8 Å². The number of halogens is 6. The van der Waals surface area contributed by atoms with E-state index in [-0.39, 0.29) is 21.8 Å². The van der Waals surface area contributed by atoms with Crippen molar-refractivity contribution >= 4 is 48.1 Å². The third kappa shape index (κ3) is 8.51. The summed E-state index contributed by atoms with van der Waals surface area (Å²) >= 11 is 0. The van der Waals surface area contributed by atoms with Gasteiger partial charge in [-0.3, -0.25) is 0 Å². The second-order valence-electron chi connectivity index (χ2n) is 8.93. The van der Waals surface area contributed by atoms with Crippen molar-refractivity contribution in [3.05, 3.63) is 71.8 Å². The van der Waals surface area contributed by atoms with Gasteiger partial charge in [-0.25, -0.2) is 18.0 Å². The van der Waals surface area contributed by atoms with E-state index in [4.69, 9.17) is 0 Å². The third-order valence-electron chi connectivity index (χ3n) is 5.94. The van der Waals surface area contributed by atoms with E-state index in [2.05, 4.69) is 0 Å². The highest BCUT2D eigenvalue weighted by molar-refractivity contribution is 8.11. The molecule has 0 aromatic heterocycles. The molecule has 0 amide bonds. The fourth-order valence-corrected chi connectivity index (χ4v) is 8.37. The largest absolute Gasteiger partial charge is 0.743 e. The summed E-state index contributed by atoms with van der Waals surface area (Å²) in [6.07, 6.45) is 4.95. The molecule has 0 atom stereocenters. The Morgan fingerprint density at radius 3 is 1.21 bits per heavy atom. The van der Waals surface area contributed by atoms with Crippen LogP contribution in [-0.4, -0.2) is 69.3 Å². The average molecular weight is 661 g/mol. The molecule has 0 radical (unpaired) electrons. The van der Waals surface area contributed by atoms with Gasteiger partial charge >= 0.3 is 27.3 Å². The second-order valence-corrected chi connectivity index (χ2v) is 14.7. The van der Waals surface area contributed by atoms with Crippen LogP contribution >= 0.6 is 0 Å². The number of rotatable bonds is 6. The van der Waals surface area contributed by atoms with E-state index in [0.717, 1.165) is 34.1 Å². The maximum absolute atomic E-state index is 12.2. The highest BCUT2D eigenvalue weighted by atomic mass is 32.2. The maximum atomic E-state index is 12.2. The first-order valence-electron chi connectivity index (χ1n) is 12.3. The van der Waals surface area contributed by atoms with Gasteiger partial charge in [0.15, 0.2) is 10.1 Å². The van der Waals surface area contributed by atoms with E-state index in [1.54, 1.807) is 0 Å². The molecule has 7 nitrogen and oxygen atoms in total. The molecule has 16 heteroatoms. The Labute approximate surface area is 244 Å². The number of carbonyl (C=O) groups is 3. The topological polar surface area (TPSA) is 131 Å². The lowest BCUT2D eigenvalue weighted by Gasteiger charge is -2.33. The minimum absolute atomic E-state index is 0.0381. The number of hydrogen-bond acceptors (Lipinski definition) is 7. The number of alkyl halides is 6. The summed E-state index contributed by atoms with van der Waals surface area (Å²) in [6, 6.07) is 19.4. The van der Waals surface area contributed by atoms with Crippen LogP contribution in [0.1, 0.15) is 46.4 Å². The van der Waals surface area contributed by atoms with Crippen LogP contribution in [0.3, 0.4) is 0 Å². The van der Waals surface area contributed by atoms with Crippen molar-refractivity contribution < 1.29 is 58.8 Å². The monoisotopic (exact) mass is 660 g/mol. The zero-order valence-electron chi connectivity index (χ0n) is 21.8. The van der Waals surface area contributed by atoms with Crippen molar-refractivity contribution in [3.8, 4) is 0 Å². The molecular weight excluding hydrogens is 634 g/mol. The van der Waals surface area contributed by atoms with Crippen molar-refractivity contribution in [1.82, 2.24) is 0 Å². The Kier molecular flexibility index (Phi) is 12.5. The van der Waals surface area contributed by atoms with E-state index in [1.165, 1.54) is 25.7 Å². The fraction of sp³-hybridized carbons (Fsp3) is 0.423. The van der Waals surface area contributed by atoms with E-state index in [9.17, 15) is 58.8 Å². The van der Waals surface area contributed by atoms with Crippen molar-refractivity contribution in [2.24, 2.45) is 0 Å². The molecule has 0 spiro atoms. The molecule has 2 heterocycles. The standard InChI is InChI=1S/2C11H13OS.C4H2F6O5S/c2*12-11(13-8-4-5-9-13)10-6-2-1-3-7-10;5-2(6,1(11)12)3(7,8)4(9,10)16(13,14)15/h2*1-3,6-7H,4-5,8-9H2;(H,11,12)(H,13,14,15)/q2*+1;/p-2. The molecule has 0 saturated carbocycles. The lowest BCUT2D eigenvalue weighted by atomic mass is 10.2. The average Bonchev–Trinajstić information content (AvgIpc) is 3.68. The molecule has 42 heavy (non-hydrogen) atoms. The first-order valence-corrected chi connectivity index (χ1v) is 16.8. The fourth-order valence-electron chi connectivity index (χ4n) is 3.63. The zero-order valence-corrected chi connectivity index (χ0v) is 24.2. The van der Waals surface area contributed by atoms with Gasteiger partial charge in [-0.05, 0) is 49.9 Å². The molecule has 0 aliphatic carbocycles. The minimum Gasteiger partial charge on any atom is -0.743 e. The van der Waals surface area contributed by atoms with Gasteiger partial charge in [-0.15, -0.1) is 0 Å². The number of hydrogen-bond donors (Lipinski definition) is 0. The Morgan fingerprint density at radius 1 is 0.643 bits per heavy atom. The lowest BCUT2D eigenvalue weighted by molar-refractivity contribution is -0.361. The van der Waals surface area contributed by atoms with Gasteiger partial charge in [0.05, 0.1) is 32.9 Å². The van der Waals surface area contributed by atoms with Gasteiger partial charge in [0.1, 0.15) is 29.0 Å². The van der Waals surface area contributed by atoms with Crippen LogP contribution in [0.25, 0.3) is 0 Å². The van der Waals surface area contributed by atoms with Crippen LogP contribution in [0.4, 0.5) is 26.3 Å². The molecule has 2 aromatic carbocycles. The van der Waals surface area contributed by atoms with Gasteiger partial charge in [-0.1, -0.05) is 36.4 Å². The molecule has 0 bridgehead atoms. The van der Waals surface area contributed by atoms with E-state index in [1.807, 2.05) is 60.7 Å². The summed E-state index contributed by atoms with van der Waals surface area (Å²) in [7, 11) is -7.10. The summed E-state index contributed by atoms with van der Waals surface area (Å²) in [4.78, 5) is 33.2. The van der Waals surface area contributed by atoms with Crippen molar-refractivity contribution in [3.63, 3.8) is 0 Å². The van der Waals surface area contributed by atoms with E-state index < -0.39 is 33.2 Å². The molecule has 232 valence electrons. The molecule has 2 aromatic rings. The maximum Gasteiger partial charge on any atom is 0.402 e. The highest BCUT2D eigenvalue weighted by Gasteiger charge is 2.75. The van der Waals surface area contributed by atoms with E-state index >= 15 is 0 Å². The number of benzene rings is 2. The second kappa shape index (κ2) is 14.8. The number of carboxylic acid groups (broad SMARTS) is 1. The smallest absolute Gasteiger partial charge is 0.402 e. The third-order valence-corrected chi connectivity index (χ3v) is 11.5. The van der Waals surface area contributed by atoms with Crippen LogP contribution in [-0.2, 0) is 36.7 Å². The van der Waals surface area contributed by atoms with Gasteiger partial charge in [-0.2, -0.15) is 26.3 Å². The molecule has 4 rings (SSSR count). The zero-order chi connectivity index (χ0) is 31.8. The number of aliphatic carboxylic acids is 1. The van der Waals surface area contributed by atoms with Gasteiger partial charge < -0.3 is 14.5 Å². The molecule has 2 saturated heterocycles. The van der Waals surface area contributed by atoms with Gasteiger partial charge in [0.25, 0.3) is 0 Å². The molecule has 0 unspecified atom stereocenters. The summed E-state index contributed by atoms with van der Waals surface area (Å²) in [5.74, 6) is -12.9. The van der Waals surface area contributed by atoms with Crippen LogP contribution in [0.5, 0.6) is 0 Å². The molecule has 0 N–H and O–H groups in total. The van der Waals surface area contributed by atoms with Gasteiger partial charge in [0, 0.05) is 0 Å². The molecule has 2 fully saturated rings. The summed E-state index contributed by atoms with van der Waals surface area (Å²) in [5, 5.41) is 3.43. The van der Waals surface area contributed by atoms with Gasteiger partial charge in [0.2, 0.25) is 0 Å². The van der Waals surface area contributed by atoms with Crippen molar-refractivity contribution in [2.75, 3.05) is 23.0 Å². The molecular formula is C26H26F6O7S3. The van der Waals surface area contributed by atoms with Crippen LogP contribution < -0.4 is 5.11 Å². The summed E-state index contributed by atoms with van der Waals surface area (Å²) in [5.41, 5.74) is 1.79. The first-order chi connectivity index (χ1) is 19.4. The normalized spacial score (nSPS) is 16.5. The Hall–Kier alpha value is -2.56. The predicted molar refractivity (Wildman–Crippen MR) is 144 cm³/mol. The van der Waals surface area contributed by atoms with Crippen LogP contribution in [0.2, 0.25) is 0 Å². The summed E-state index contributed by atoms with van der Waals surface area (Å²) in [6.45, 7) is 0. The summed E-state index contributed by atoms with van der Waals surface area (Å²) < 4.78 is 102. The predicted octanol–water partition coefficient (Wildman–Crippen LogP) is 3.62. The highest BCUT2D eigenvalue weighted by Crippen LogP contribution is 2.47. The Morgan fingerprint density at radius 2 is 0.952 bits per heavy atom. The van der Waals surface area contributed by atoms with E-state index in [0.29, 0.717) is 10.2 Å². The number of carbonyl (C=O) groups excluding carboxylic acids is 3. The molecule has 2 aliphatic rings.